The fourth-order valence-electron chi connectivity index (χ4n) is 2.14. The largest absolute Gasteiger partial charge is 0.492 e. The first kappa shape index (κ1) is 16.0. The first-order chi connectivity index (χ1) is 9.17. The van der Waals surface area contributed by atoms with Gasteiger partial charge in [0.05, 0.1) is 0 Å². The van der Waals surface area contributed by atoms with E-state index in [9.17, 15) is 0 Å². The van der Waals surface area contributed by atoms with Gasteiger partial charge in [-0.05, 0) is 43.4 Å². The maximum Gasteiger partial charge on any atom is 0.119 e. The zero-order chi connectivity index (χ0) is 14.1. The van der Waals surface area contributed by atoms with Gasteiger partial charge in [0.15, 0.2) is 0 Å². The second-order valence-electron chi connectivity index (χ2n) is 5.37. The van der Waals surface area contributed by atoms with Gasteiger partial charge in [-0.1, -0.05) is 39.3 Å². The summed E-state index contributed by atoms with van der Waals surface area (Å²) in [5, 5.41) is 3.47. The Morgan fingerprint density at radius 2 is 1.79 bits per heavy atom. The van der Waals surface area contributed by atoms with Crippen LogP contribution >= 0.6 is 0 Å². The van der Waals surface area contributed by atoms with Gasteiger partial charge >= 0.3 is 0 Å². The molecule has 0 saturated carbocycles. The standard InChI is InChI=1S/C17H29NO/c1-5-7-15(4)18-12-13-19-17-10-8-16(9-11-17)14(3)6-2/h8-11,14-15,18H,5-7,12-13H2,1-4H3. The lowest BCUT2D eigenvalue weighted by molar-refractivity contribution is 0.305. The lowest BCUT2D eigenvalue weighted by Crippen LogP contribution is -2.29. The number of hydrogen-bond donors (Lipinski definition) is 1. The Morgan fingerprint density at radius 3 is 2.37 bits per heavy atom. The van der Waals surface area contributed by atoms with E-state index in [4.69, 9.17) is 4.74 Å². The summed E-state index contributed by atoms with van der Waals surface area (Å²) in [6, 6.07) is 9.10. The van der Waals surface area contributed by atoms with Crippen LogP contribution in [0.4, 0.5) is 0 Å². The molecule has 2 nitrogen and oxygen atoms in total. The van der Waals surface area contributed by atoms with E-state index in [1.54, 1.807) is 0 Å². The quantitative estimate of drug-likeness (QED) is 0.668. The molecule has 2 heteroatoms. The molecule has 0 amide bonds. The molecular formula is C17H29NO. The third kappa shape index (κ3) is 6.11. The lowest BCUT2D eigenvalue weighted by atomic mass is 9.99. The van der Waals surface area contributed by atoms with E-state index in [1.807, 2.05) is 0 Å². The van der Waals surface area contributed by atoms with Crippen LogP contribution in [0, 0.1) is 0 Å². The van der Waals surface area contributed by atoms with Crippen LogP contribution in [-0.2, 0) is 0 Å². The number of hydrogen-bond acceptors (Lipinski definition) is 2. The second-order valence-corrected chi connectivity index (χ2v) is 5.37. The Labute approximate surface area is 118 Å². The van der Waals surface area contributed by atoms with Crippen molar-refractivity contribution in [1.29, 1.82) is 0 Å². The molecule has 108 valence electrons. The molecule has 0 fully saturated rings. The number of nitrogens with one attached hydrogen (secondary N) is 1. The number of ether oxygens (including phenoxy) is 1. The average Bonchev–Trinajstić information content (AvgIpc) is 2.44. The van der Waals surface area contributed by atoms with Gasteiger partial charge in [0.25, 0.3) is 0 Å². The predicted molar refractivity (Wildman–Crippen MR) is 83.0 cm³/mol. The molecule has 1 N–H and O–H groups in total. The fourth-order valence-corrected chi connectivity index (χ4v) is 2.14. The zero-order valence-electron chi connectivity index (χ0n) is 12.9. The Balaban J connectivity index is 2.26. The van der Waals surface area contributed by atoms with Gasteiger partial charge in [-0.15, -0.1) is 0 Å². The van der Waals surface area contributed by atoms with E-state index in [1.165, 1.54) is 24.8 Å². The van der Waals surface area contributed by atoms with Gasteiger partial charge in [-0.3, -0.25) is 0 Å². The summed E-state index contributed by atoms with van der Waals surface area (Å²) in [5.74, 6) is 1.60. The molecule has 0 aliphatic carbocycles. The van der Waals surface area contributed by atoms with E-state index in [2.05, 4.69) is 57.3 Å². The molecule has 0 aliphatic heterocycles. The average molecular weight is 263 g/mol. The molecule has 0 saturated heterocycles. The summed E-state index contributed by atoms with van der Waals surface area (Å²) < 4.78 is 5.74. The molecule has 2 atom stereocenters. The van der Waals surface area contributed by atoms with Crippen LogP contribution in [0.2, 0.25) is 0 Å². The second kappa shape index (κ2) is 8.98. The molecule has 1 aromatic carbocycles. The van der Waals surface area contributed by atoms with Crippen molar-refractivity contribution in [3.05, 3.63) is 29.8 Å². The van der Waals surface area contributed by atoms with Gasteiger partial charge in [0.1, 0.15) is 12.4 Å². The normalized spacial score (nSPS) is 14.1. The molecule has 19 heavy (non-hydrogen) atoms. The highest BCUT2D eigenvalue weighted by Crippen LogP contribution is 2.21. The zero-order valence-corrected chi connectivity index (χ0v) is 12.9. The topological polar surface area (TPSA) is 21.3 Å². The third-order valence-corrected chi connectivity index (χ3v) is 3.65. The van der Waals surface area contributed by atoms with Crippen LogP contribution < -0.4 is 10.1 Å². The van der Waals surface area contributed by atoms with Crippen LogP contribution in [0.25, 0.3) is 0 Å². The highest BCUT2D eigenvalue weighted by molar-refractivity contribution is 5.29. The SMILES string of the molecule is CCCC(C)NCCOc1ccc(C(C)CC)cc1. The molecule has 1 rings (SSSR count). The molecule has 1 aromatic rings. The van der Waals surface area contributed by atoms with Crippen molar-refractivity contribution in [2.45, 2.75) is 58.9 Å². The van der Waals surface area contributed by atoms with Gasteiger partial charge in [-0.25, -0.2) is 0 Å². The monoisotopic (exact) mass is 263 g/mol. The third-order valence-electron chi connectivity index (χ3n) is 3.65. The first-order valence-corrected chi connectivity index (χ1v) is 7.63. The maximum absolute atomic E-state index is 5.74. The maximum atomic E-state index is 5.74. The van der Waals surface area contributed by atoms with E-state index >= 15 is 0 Å². The van der Waals surface area contributed by atoms with Gasteiger partial charge in [-0.2, -0.15) is 0 Å². The molecule has 0 bridgehead atoms. The molecule has 0 aromatic heterocycles. The minimum Gasteiger partial charge on any atom is -0.492 e. The van der Waals surface area contributed by atoms with Crippen molar-refractivity contribution in [1.82, 2.24) is 5.32 Å². The molecule has 0 radical (unpaired) electrons. The number of benzene rings is 1. The molecule has 2 unspecified atom stereocenters. The summed E-state index contributed by atoms with van der Waals surface area (Å²) in [7, 11) is 0. The van der Waals surface area contributed by atoms with Crippen molar-refractivity contribution in [3.8, 4) is 5.75 Å². The summed E-state index contributed by atoms with van der Waals surface area (Å²) in [4.78, 5) is 0. The van der Waals surface area contributed by atoms with E-state index < -0.39 is 0 Å². The van der Waals surface area contributed by atoms with Crippen molar-refractivity contribution in [2.75, 3.05) is 13.2 Å². The molecule has 0 heterocycles. The van der Waals surface area contributed by atoms with Crippen LogP contribution in [0.3, 0.4) is 0 Å². The summed E-state index contributed by atoms with van der Waals surface area (Å²) in [6.07, 6.45) is 3.63. The molecule has 0 aliphatic rings. The Morgan fingerprint density at radius 1 is 1.11 bits per heavy atom. The minimum absolute atomic E-state index is 0.585. The van der Waals surface area contributed by atoms with E-state index in [0.717, 1.165) is 18.9 Å². The van der Waals surface area contributed by atoms with Crippen molar-refractivity contribution >= 4 is 0 Å². The van der Waals surface area contributed by atoms with Crippen LogP contribution in [-0.4, -0.2) is 19.2 Å². The molecule has 0 spiro atoms. The first-order valence-electron chi connectivity index (χ1n) is 7.63. The van der Waals surface area contributed by atoms with Gasteiger partial charge in [0, 0.05) is 12.6 Å². The Bertz CT molecular complexity index is 334. The highest BCUT2D eigenvalue weighted by Gasteiger charge is 2.03. The van der Waals surface area contributed by atoms with E-state index in [0.29, 0.717) is 12.0 Å². The van der Waals surface area contributed by atoms with Crippen molar-refractivity contribution in [2.24, 2.45) is 0 Å². The van der Waals surface area contributed by atoms with Crippen LogP contribution in [0.15, 0.2) is 24.3 Å². The van der Waals surface area contributed by atoms with Gasteiger partial charge in [0.2, 0.25) is 0 Å². The smallest absolute Gasteiger partial charge is 0.119 e. The predicted octanol–water partition coefficient (Wildman–Crippen LogP) is 4.36. The Kier molecular flexibility index (Phi) is 7.57. The highest BCUT2D eigenvalue weighted by atomic mass is 16.5. The minimum atomic E-state index is 0.585. The lowest BCUT2D eigenvalue weighted by Gasteiger charge is -2.14. The summed E-state index contributed by atoms with van der Waals surface area (Å²) in [6.45, 7) is 10.6. The fraction of sp³-hybridized carbons (Fsp3) is 0.647. The summed E-state index contributed by atoms with van der Waals surface area (Å²) >= 11 is 0. The van der Waals surface area contributed by atoms with E-state index in [-0.39, 0.29) is 0 Å². The van der Waals surface area contributed by atoms with Gasteiger partial charge < -0.3 is 10.1 Å². The Hall–Kier alpha value is -1.02. The molecular weight excluding hydrogens is 234 g/mol. The van der Waals surface area contributed by atoms with Crippen molar-refractivity contribution < 1.29 is 4.74 Å². The van der Waals surface area contributed by atoms with Crippen molar-refractivity contribution in [3.63, 3.8) is 0 Å². The van der Waals surface area contributed by atoms with Crippen LogP contribution in [0.1, 0.15) is 58.4 Å². The summed E-state index contributed by atoms with van der Waals surface area (Å²) in [5.41, 5.74) is 1.39. The number of rotatable bonds is 9. The van der Waals surface area contributed by atoms with Crippen LogP contribution in [0.5, 0.6) is 5.75 Å².